The first kappa shape index (κ1) is 13.7. The molecular weight excluding hydrogens is 250 g/mol. The minimum Gasteiger partial charge on any atom is -0.353 e. The summed E-state index contributed by atoms with van der Waals surface area (Å²) in [5.74, 6) is 1.43. The monoisotopic (exact) mass is 271 g/mol. The number of thioether (sulfide) groups is 1. The van der Waals surface area contributed by atoms with Crippen molar-refractivity contribution in [3.8, 4) is 0 Å². The molecule has 0 radical (unpaired) electrons. The van der Waals surface area contributed by atoms with E-state index < -0.39 is 0 Å². The number of nitrogens with zero attached hydrogens (tertiary/aromatic N) is 1. The van der Waals surface area contributed by atoms with Crippen molar-refractivity contribution in [2.45, 2.75) is 38.3 Å². The fourth-order valence-electron chi connectivity index (χ4n) is 2.38. The average Bonchev–Trinajstić information content (AvgIpc) is 3.05. The van der Waals surface area contributed by atoms with E-state index in [2.05, 4.69) is 10.6 Å². The zero-order valence-electron chi connectivity index (χ0n) is 10.8. The maximum Gasteiger partial charge on any atom is 0.243 e. The zero-order valence-corrected chi connectivity index (χ0v) is 11.6. The van der Waals surface area contributed by atoms with Gasteiger partial charge >= 0.3 is 0 Å². The minimum absolute atomic E-state index is 0.00417. The summed E-state index contributed by atoms with van der Waals surface area (Å²) in [6.45, 7) is 3.55. The van der Waals surface area contributed by atoms with Gasteiger partial charge in [-0.05, 0) is 19.4 Å². The fourth-order valence-corrected chi connectivity index (χ4v) is 3.56. The molecule has 0 aliphatic carbocycles. The average molecular weight is 271 g/mol. The van der Waals surface area contributed by atoms with Crippen LogP contribution < -0.4 is 10.6 Å². The Hall–Kier alpha value is -0.750. The molecule has 6 heteroatoms. The summed E-state index contributed by atoms with van der Waals surface area (Å²) in [6.07, 6.45) is 2.77. The smallest absolute Gasteiger partial charge is 0.243 e. The van der Waals surface area contributed by atoms with Gasteiger partial charge in [-0.1, -0.05) is 6.92 Å². The second-order valence-electron chi connectivity index (χ2n) is 4.77. The van der Waals surface area contributed by atoms with Crippen LogP contribution >= 0.6 is 11.8 Å². The number of nitrogens with one attached hydrogen (secondary N) is 2. The molecule has 0 spiro atoms. The molecule has 2 heterocycles. The molecule has 18 heavy (non-hydrogen) atoms. The van der Waals surface area contributed by atoms with E-state index >= 15 is 0 Å². The molecule has 0 aromatic heterocycles. The molecule has 2 fully saturated rings. The van der Waals surface area contributed by atoms with Gasteiger partial charge in [0.05, 0.1) is 5.88 Å². The van der Waals surface area contributed by atoms with Crippen molar-refractivity contribution in [1.82, 2.24) is 15.5 Å². The lowest BCUT2D eigenvalue weighted by Gasteiger charge is -2.23. The van der Waals surface area contributed by atoms with Crippen LogP contribution in [0.4, 0.5) is 0 Å². The summed E-state index contributed by atoms with van der Waals surface area (Å²) in [6, 6.07) is 0.127. The van der Waals surface area contributed by atoms with Gasteiger partial charge < -0.3 is 15.5 Å². The first-order chi connectivity index (χ1) is 8.72. The molecule has 102 valence electrons. The normalized spacial score (nSPS) is 27.5. The molecule has 2 rings (SSSR count). The third-order valence-corrected chi connectivity index (χ3v) is 4.51. The number of hydrogen-bond donors (Lipinski definition) is 2. The van der Waals surface area contributed by atoms with Gasteiger partial charge in [-0.15, -0.1) is 11.8 Å². The molecule has 2 atom stereocenters. The van der Waals surface area contributed by atoms with Gasteiger partial charge in [0.1, 0.15) is 6.04 Å². The molecule has 0 aromatic rings. The quantitative estimate of drug-likeness (QED) is 0.765. The Morgan fingerprint density at radius 3 is 3.00 bits per heavy atom. The van der Waals surface area contributed by atoms with Crippen LogP contribution in [-0.2, 0) is 9.59 Å². The van der Waals surface area contributed by atoms with E-state index in [1.54, 1.807) is 16.7 Å². The lowest BCUT2D eigenvalue weighted by atomic mass is 10.2. The van der Waals surface area contributed by atoms with Crippen LogP contribution in [0.2, 0.25) is 0 Å². The Labute approximate surface area is 112 Å². The van der Waals surface area contributed by atoms with Crippen LogP contribution in [0.25, 0.3) is 0 Å². The lowest BCUT2D eigenvalue weighted by Crippen LogP contribution is -2.49. The fraction of sp³-hybridized carbons (Fsp3) is 0.833. The number of rotatable bonds is 4. The highest BCUT2D eigenvalue weighted by molar-refractivity contribution is 7.99. The summed E-state index contributed by atoms with van der Waals surface area (Å²) in [7, 11) is 0. The molecule has 2 N–H and O–H groups in total. The van der Waals surface area contributed by atoms with E-state index in [0.717, 1.165) is 18.7 Å². The van der Waals surface area contributed by atoms with Crippen LogP contribution in [0.1, 0.15) is 26.2 Å². The molecule has 0 bridgehead atoms. The molecule has 2 aliphatic rings. The lowest BCUT2D eigenvalue weighted by molar-refractivity contribution is -0.137. The molecule has 2 aliphatic heterocycles. The molecule has 0 saturated carbocycles. The third kappa shape index (κ3) is 3.17. The van der Waals surface area contributed by atoms with Gasteiger partial charge in [0, 0.05) is 24.8 Å². The second-order valence-corrected chi connectivity index (χ2v) is 5.77. The van der Waals surface area contributed by atoms with Gasteiger partial charge in [-0.2, -0.15) is 0 Å². The van der Waals surface area contributed by atoms with Gasteiger partial charge in [-0.25, -0.2) is 0 Å². The summed E-state index contributed by atoms with van der Waals surface area (Å²) in [4.78, 5) is 25.5. The minimum atomic E-state index is -0.274. The Morgan fingerprint density at radius 2 is 2.33 bits per heavy atom. The van der Waals surface area contributed by atoms with Gasteiger partial charge in [-0.3, -0.25) is 9.59 Å². The SMILES string of the molecule is CCC(=O)N1CSCC1C(=O)NCC1CCCN1. The Balaban J connectivity index is 1.81. The van der Waals surface area contributed by atoms with E-state index in [0.29, 0.717) is 24.9 Å². The molecule has 5 nitrogen and oxygen atoms in total. The zero-order chi connectivity index (χ0) is 13.0. The van der Waals surface area contributed by atoms with E-state index in [4.69, 9.17) is 0 Å². The highest BCUT2D eigenvalue weighted by atomic mass is 32.2. The number of carbonyl (C=O) groups is 2. The molecular formula is C12H21N3O2S. The highest BCUT2D eigenvalue weighted by Crippen LogP contribution is 2.21. The topological polar surface area (TPSA) is 61.4 Å². The van der Waals surface area contributed by atoms with E-state index in [1.165, 1.54) is 6.42 Å². The molecule has 0 aromatic carbocycles. The summed E-state index contributed by atoms with van der Waals surface area (Å²) in [5.41, 5.74) is 0. The highest BCUT2D eigenvalue weighted by Gasteiger charge is 2.33. The standard InChI is InChI=1S/C12H21N3O2S/c1-2-11(16)15-8-18-7-10(15)12(17)14-6-9-4-3-5-13-9/h9-10,13H,2-8H2,1H3,(H,14,17). The number of amides is 2. The van der Waals surface area contributed by atoms with E-state index in [1.807, 2.05) is 6.92 Å². The van der Waals surface area contributed by atoms with Crippen LogP contribution in [0.3, 0.4) is 0 Å². The largest absolute Gasteiger partial charge is 0.353 e. The Bertz CT molecular complexity index is 318. The maximum atomic E-state index is 12.1. The summed E-state index contributed by atoms with van der Waals surface area (Å²) in [5, 5.41) is 6.31. The van der Waals surface area contributed by atoms with Gasteiger partial charge in [0.25, 0.3) is 0 Å². The van der Waals surface area contributed by atoms with Crippen LogP contribution in [0.5, 0.6) is 0 Å². The van der Waals surface area contributed by atoms with Crippen molar-refractivity contribution in [3.05, 3.63) is 0 Å². The van der Waals surface area contributed by atoms with Crippen molar-refractivity contribution in [3.63, 3.8) is 0 Å². The molecule has 2 unspecified atom stereocenters. The number of carbonyl (C=O) groups excluding carboxylic acids is 2. The van der Waals surface area contributed by atoms with Crippen molar-refractivity contribution in [2.24, 2.45) is 0 Å². The van der Waals surface area contributed by atoms with Crippen molar-refractivity contribution >= 4 is 23.6 Å². The summed E-state index contributed by atoms with van der Waals surface area (Å²) >= 11 is 1.65. The van der Waals surface area contributed by atoms with E-state index in [9.17, 15) is 9.59 Å². The van der Waals surface area contributed by atoms with Crippen molar-refractivity contribution < 1.29 is 9.59 Å². The second kappa shape index (κ2) is 6.43. The number of hydrogen-bond acceptors (Lipinski definition) is 4. The van der Waals surface area contributed by atoms with E-state index in [-0.39, 0.29) is 17.9 Å². The maximum absolute atomic E-state index is 12.1. The predicted octanol–water partition coefficient (Wildman–Crippen LogP) is 0.166. The predicted molar refractivity (Wildman–Crippen MR) is 72.3 cm³/mol. The Morgan fingerprint density at radius 1 is 1.50 bits per heavy atom. The molecule has 2 amide bonds. The van der Waals surface area contributed by atoms with Crippen molar-refractivity contribution in [1.29, 1.82) is 0 Å². The molecule has 2 saturated heterocycles. The van der Waals surface area contributed by atoms with Gasteiger partial charge in [0.15, 0.2) is 0 Å². The first-order valence-corrected chi connectivity index (χ1v) is 7.76. The van der Waals surface area contributed by atoms with Crippen LogP contribution in [0, 0.1) is 0 Å². The van der Waals surface area contributed by atoms with Crippen molar-refractivity contribution in [2.75, 3.05) is 24.7 Å². The summed E-state index contributed by atoms with van der Waals surface area (Å²) < 4.78 is 0. The van der Waals surface area contributed by atoms with Gasteiger partial charge in [0.2, 0.25) is 11.8 Å². The Kier molecular flexibility index (Phi) is 4.88. The van der Waals surface area contributed by atoms with Crippen LogP contribution in [0.15, 0.2) is 0 Å². The first-order valence-electron chi connectivity index (χ1n) is 6.60. The third-order valence-electron chi connectivity index (χ3n) is 3.49. The van der Waals surface area contributed by atoms with Crippen LogP contribution in [-0.4, -0.2) is 53.5 Å².